The molecule has 0 aliphatic heterocycles. The number of thioether (sulfide) groups is 1. The van der Waals surface area contributed by atoms with E-state index in [0.717, 1.165) is 18.4 Å². The summed E-state index contributed by atoms with van der Waals surface area (Å²) >= 11 is 2.73. The zero-order valence-corrected chi connectivity index (χ0v) is 16.5. The molecule has 26 heavy (non-hydrogen) atoms. The molecule has 1 heterocycles. The molecule has 0 spiro atoms. The molecule has 1 saturated carbocycles. The van der Waals surface area contributed by atoms with Crippen LogP contribution in [-0.4, -0.2) is 33.8 Å². The van der Waals surface area contributed by atoms with E-state index in [1.807, 2.05) is 44.2 Å². The van der Waals surface area contributed by atoms with Crippen LogP contribution in [0.5, 0.6) is 0 Å². The second kappa shape index (κ2) is 8.64. The maximum atomic E-state index is 12.2. The van der Waals surface area contributed by atoms with E-state index in [2.05, 4.69) is 15.5 Å². The maximum absolute atomic E-state index is 12.2. The van der Waals surface area contributed by atoms with Crippen molar-refractivity contribution in [2.75, 3.05) is 10.7 Å². The number of anilines is 1. The van der Waals surface area contributed by atoms with E-state index in [1.165, 1.54) is 23.1 Å². The van der Waals surface area contributed by atoms with Crippen molar-refractivity contribution in [2.24, 2.45) is 0 Å². The van der Waals surface area contributed by atoms with Crippen molar-refractivity contribution in [3.8, 4) is 0 Å². The molecule has 138 valence electrons. The summed E-state index contributed by atoms with van der Waals surface area (Å²) in [5, 5.41) is 11.9. The first-order valence-corrected chi connectivity index (χ1v) is 10.5. The SMILES string of the molecule is CCC(=O)N(c1nnc(SCC(=O)NC(C)c2ccccc2)s1)C1CC1. The average Bonchev–Trinajstić information content (AvgIpc) is 3.38. The molecule has 2 aromatic rings. The molecule has 1 aliphatic carbocycles. The van der Waals surface area contributed by atoms with Gasteiger partial charge in [0.25, 0.3) is 0 Å². The highest BCUT2D eigenvalue weighted by atomic mass is 32.2. The first-order chi connectivity index (χ1) is 12.6. The number of hydrogen-bond acceptors (Lipinski definition) is 6. The van der Waals surface area contributed by atoms with Crippen LogP contribution in [0.15, 0.2) is 34.7 Å². The van der Waals surface area contributed by atoms with Crippen molar-refractivity contribution in [1.82, 2.24) is 15.5 Å². The highest BCUT2D eigenvalue weighted by Crippen LogP contribution is 2.36. The Labute approximate surface area is 161 Å². The van der Waals surface area contributed by atoms with E-state index in [0.29, 0.717) is 15.9 Å². The molecule has 0 radical (unpaired) electrons. The zero-order chi connectivity index (χ0) is 18.5. The second-order valence-electron chi connectivity index (χ2n) is 6.19. The number of amides is 2. The van der Waals surface area contributed by atoms with Gasteiger partial charge in [-0.05, 0) is 25.3 Å². The average molecular weight is 391 g/mol. The Morgan fingerprint density at radius 2 is 2.04 bits per heavy atom. The first-order valence-electron chi connectivity index (χ1n) is 8.71. The van der Waals surface area contributed by atoms with Crippen LogP contribution in [0.2, 0.25) is 0 Å². The molecular formula is C18H22N4O2S2. The van der Waals surface area contributed by atoms with Crippen molar-refractivity contribution in [3.05, 3.63) is 35.9 Å². The standard InChI is InChI=1S/C18H22N4O2S2/c1-3-16(24)22(14-9-10-14)17-20-21-18(26-17)25-11-15(23)19-12(2)13-7-5-4-6-8-13/h4-8,12,14H,3,9-11H2,1-2H3,(H,19,23). The molecule has 3 rings (SSSR count). The summed E-state index contributed by atoms with van der Waals surface area (Å²) in [6.07, 6.45) is 2.50. The van der Waals surface area contributed by atoms with Crippen molar-refractivity contribution < 1.29 is 9.59 Å². The molecule has 1 aromatic carbocycles. The van der Waals surface area contributed by atoms with E-state index in [9.17, 15) is 9.59 Å². The Kier molecular flexibility index (Phi) is 6.26. The lowest BCUT2D eigenvalue weighted by molar-refractivity contribution is -0.119. The minimum Gasteiger partial charge on any atom is -0.349 e. The third-order valence-corrected chi connectivity index (χ3v) is 6.14. The van der Waals surface area contributed by atoms with Crippen LogP contribution in [0.25, 0.3) is 0 Å². The van der Waals surface area contributed by atoms with E-state index >= 15 is 0 Å². The van der Waals surface area contributed by atoms with Crippen LogP contribution in [0, 0.1) is 0 Å². The third kappa shape index (κ3) is 4.82. The summed E-state index contributed by atoms with van der Waals surface area (Å²) in [7, 11) is 0. The molecule has 1 fully saturated rings. The predicted octanol–water partition coefficient (Wildman–Crippen LogP) is 3.41. The summed E-state index contributed by atoms with van der Waals surface area (Å²) in [5.41, 5.74) is 1.07. The van der Waals surface area contributed by atoms with Gasteiger partial charge in [0.1, 0.15) is 0 Å². The van der Waals surface area contributed by atoms with Gasteiger partial charge in [-0.2, -0.15) is 0 Å². The van der Waals surface area contributed by atoms with Crippen LogP contribution in [0.4, 0.5) is 5.13 Å². The van der Waals surface area contributed by atoms with Gasteiger partial charge in [-0.1, -0.05) is 60.4 Å². The lowest BCUT2D eigenvalue weighted by Crippen LogP contribution is -2.32. The lowest BCUT2D eigenvalue weighted by atomic mass is 10.1. The summed E-state index contributed by atoms with van der Waals surface area (Å²) in [6.45, 7) is 3.82. The number of benzene rings is 1. The van der Waals surface area contributed by atoms with Gasteiger partial charge in [0.2, 0.25) is 16.9 Å². The van der Waals surface area contributed by atoms with E-state index < -0.39 is 0 Å². The van der Waals surface area contributed by atoms with E-state index in [-0.39, 0.29) is 29.7 Å². The minimum absolute atomic E-state index is 0.0400. The number of nitrogens with zero attached hydrogens (tertiary/aromatic N) is 3. The highest BCUT2D eigenvalue weighted by Gasteiger charge is 2.35. The van der Waals surface area contributed by atoms with Gasteiger partial charge in [-0.15, -0.1) is 10.2 Å². The van der Waals surface area contributed by atoms with Crippen molar-refractivity contribution >= 4 is 40.0 Å². The van der Waals surface area contributed by atoms with Gasteiger partial charge in [0.15, 0.2) is 4.34 Å². The lowest BCUT2D eigenvalue weighted by Gasteiger charge is -2.17. The summed E-state index contributed by atoms with van der Waals surface area (Å²) < 4.78 is 0.706. The second-order valence-corrected chi connectivity index (χ2v) is 8.37. The summed E-state index contributed by atoms with van der Waals surface area (Å²) in [5.74, 6) is 0.304. The number of nitrogens with one attached hydrogen (secondary N) is 1. The molecular weight excluding hydrogens is 368 g/mol. The van der Waals surface area contributed by atoms with E-state index in [4.69, 9.17) is 0 Å². The number of aromatic nitrogens is 2. The van der Waals surface area contributed by atoms with Crippen molar-refractivity contribution in [1.29, 1.82) is 0 Å². The molecule has 1 atom stereocenters. The Balaban J connectivity index is 1.53. The molecule has 0 saturated heterocycles. The van der Waals surface area contributed by atoms with Crippen molar-refractivity contribution in [3.63, 3.8) is 0 Å². The van der Waals surface area contributed by atoms with Gasteiger partial charge < -0.3 is 5.32 Å². The number of hydrogen-bond donors (Lipinski definition) is 1. The predicted molar refractivity (Wildman–Crippen MR) is 104 cm³/mol. The van der Waals surface area contributed by atoms with Gasteiger partial charge in [-0.3, -0.25) is 14.5 Å². The highest BCUT2D eigenvalue weighted by molar-refractivity contribution is 8.01. The quantitative estimate of drug-likeness (QED) is 0.552. The molecule has 1 unspecified atom stereocenters. The normalized spacial score (nSPS) is 14.7. The minimum atomic E-state index is -0.0493. The maximum Gasteiger partial charge on any atom is 0.230 e. The summed E-state index contributed by atoms with van der Waals surface area (Å²) in [6, 6.07) is 10.1. The molecule has 6 nitrogen and oxygen atoms in total. The third-order valence-electron chi connectivity index (χ3n) is 4.09. The monoisotopic (exact) mass is 390 g/mol. The van der Waals surface area contributed by atoms with Crippen LogP contribution < -0.4 is 10.2 Å². The number of carbonyl (C=O) groups excluding carboxylic acids is 2. The molecule has 0 bridgehead atoms. The van der Waals surface area contributed by atoms with Gasteiger partial charge >= 0.3 is 0 Å². The summed E-state index contributed by atoms with van der Waals surface area (Å²) in [4.78, 5) is 26.1. The van der Waals surface area contributed by atoms with Crippen LogP contribution >= 0.6 is 23.1 Å². The Hall–Kier alpha value is -1.93. The van der Waals surface area contributed by atoms with Crippen LogP contribution in [0.1, 0.15) is 44.7 Å². The largest absolute Gasteiger partial charge is 0.349 e. The molecule has 1 N–H and O–H groups in total. The van der Waals surface area contributed by atoms with Crippen LogP contribution in [-0.2, 0) is 9.59 Å². The number of carbonyl (C=O) groups is 2. The fourth-order valence-electron chi connectivity index (χ4n) is 2.56. The Morgan fingerprint density at radius 1 is 1.31 bits per heavy atom. The Morgan fingerprint density at radius 3 is 2.69 bits per heavy atom. The number of rotatable bonds is 8. The topological polar surface area (TPSA) is 75.2 Å². The van der Waals surface area contributed by atoms with Gasteiger partial charge in [-0.25, -0.2) is 0 Å². The Bertz CT molecular complexity index is 762. The van der Waals surface area contributed by atoms with E-state index in [1.54, 1.807) is 4.90 Å². The molecule has 1 aliphatic rings. The van der Waals surface area contributed by atoms with Crippen LogP contribution in [0.3, 0.4) is 0 Å². The smallest absolute Gasteiger partial charge is 0.230 e. The fraction of sp³-hybridized carbons (Fsp3) is 0.444. The molecule has 2 amide bonds. The molecule has 1 aromatic heterocycles. The zero-order valence-electron chi connectivity index (χ0n) is 14.8. The molecule has 8 heteroatoms. The van der Waals surface area contributed by atoms with Crippen molar-refractivity contribution in [2.45, 2.75) is 49.5 Å². The van der Waals surface area contributed by atoms with Gasteiger partial charge in [0.05, 0.1) is 11.8 Å². The fourth-order valence-corrected chi connectivity index (χ4v) is 4.30. The first kappa shape index (κ1) is 18.8. The van der Waals surface area contributed by atoms with Gasteiger partial charge in [0, 0.05) is 12.5 Å².